The van der Waals surface area contributed by atoms with Crippen LogP contribution in [0.2, 0.25) is 0 Å². The van der Waals surface area contributed by atoms with Crippen molar-refractivity contribution in [3.05, 3.63) is 12.2 Å². The molecule has 6 atom stereocenters. The van der Waals surface area contributed by atoms with Crippen molar-refractivity contribution in [2.75, 3.05) is 13.2 Å². The molecule has 1 aliphatic rings. The summed E-state index contributed by atoms with van der Waals surface area (Å²) in [5, 5.41) is 31.2. The number of ether oxygens (including phenoxy) is 2. The summed E-state index contributed by atoms with van der Waals surface area (Å²) in [5.74, 6) is -1.29. The van der Waals surface area contributed by atoms with Crippen LogP contribution in [0.4, 0.5) is 0 Å². The third-order valence-corrected chi connectivity index (χ3v) is 10.1. The van der Waals surface area contributed by atoms with Crippen LogP contribution in [-0.4, -0.2) is 74.7 Å². The SMILES string of the molecule is CCCCCCCCCCCCCCC(=O)O[C@H](COC(=O)CCCCCC[C@@H]1[C@@H](/C=C/[C@@H](O)CCCCC)[C@H](O)C[C@@H]1O)COP(=O)(O)O. The van der Waals surface area contributed by atoms with Crippen molar-refractivity contribution in [1.29, 1.82) is 0 Å². The lowest BCUT2D eigenvalue weighted by Gasteiger charge is -2.21. The van der Waals surface area contributed by atoms with Gasteiger partial charge >= 0.3 is 19.8 Å². The number of hydrogen-bond acceptors (Lipinski definition) is 9. The summed E-state index contributed by atoms with van der Waals surface area (Å²) < 4.78 is 26.3. The fourth-order valence-corrected chi connectivity index (χ4v) is 7.01. The molecular formula is C38H71O11P. The molecule has 11 nitrogen and oxygen atoms in total. The number of hydrogen-bond donors (Lipinski definition) is 5. The molecule has 12 heteroatoms. The van der Waals surface area contributed by atoms with Crippen LogP contribution < -0.4 is 0 Å². The van der Waals surface area contributed by atoms with Crippen molar-refractivity contribution in [2.24, 2.45) is 11.8 Å². The molecular weight excluding hydrogens is 663 g/mol. The van der Waals surface area contributed by atoms with Crippen LogP contribution >= 0.6 is 7.82 Å². The summed E-state index contributed by atoms with van der Waals surface area (Å²) in [7, 11) is -4.80. The van der Waals surface area contributed by atoms with Crippen LogP contribution in [0.25, 0.3) is 0 Å². The Morgan fingerprint density at radius 1 is 0.720 bits per heavy atom. The predicted octanol–water partition coefficient (Wildman–Crippen LogP) is 7.84. The van der Waals surface area contributed by atoms with Gasteiger partial charge in [0.05, 0.1) is 24.9 Å². The zero-order valence-corrected chi connectivity index (χ0v) is 32.0. The maximum Gasteiger partial charge on any atom is 0.469 e. The summed E-state index contributed by atoms with van der Waals surface area (Å²) >= 11 is 0. The molecule has 0 aliphatic heterocycles. The van der Waals surface area contributed by atoms with Gasteiger partial charge in [0.25, 0.3) is 0 Å². The highest BCUT2D eigenvalue weighted by Crippen LogP contribution is 2.38. The molecule has 0 heterocycles. The predicted molar refractivity (Wildman–Crippen MR) is 195 cm³/mol. The van der Waals surface area contributed by atoms with Crippen LogP contribution in [-0.2, 0) is 28.2 Å². The van der Waals surface area contributed by atoms with Crippen molar-refractivity contribution in [3.63, 3.8) is 0 Å². The van der Waals surface area contributed by atoms with Crippen LogP contribution in [0.3, 0.4) is 0 Å². The Morgan fingerprint density at radius 2 is 1.24 bits per heavy atom. The van der Waals surface area contributed by atoms with E-state index in [4.69, 9.17) is 19.3 Å². The van der Waals surface area contributed by atoms with Crippen LogP contribution in [0, 0.1) is 11.8 Å². The molecule has 0 unspecified atom stereocenters. The van der Waals surface area contributed by atoms with Gasteiger partial charge in [-0.3, -0.25) is 14.1 Å². The van der Waals surface area contributed by atoms with Crippen LogP contribution in [0.15, 0.2) is 12.2 Å². The lowest BCUT2D eigenvalue weighted by atomic mass is 9.88. The third kappa shape index (κ3) is 24.8. The Labute approximate surface area is 302 Å². The van der Waals surface area contributed by atoms with E-state index >= 15 is 0 Å². The lowest BCUT2D eigenvalue weighted by Crippen LogP contribution is -2.29. The van der Waals surface area contributed by atoms with E-state index < -0.39 is 50.8 Å². The molecule has 1 aliphatic carbocycles. The molecule has 1 fully saturated rings. The number of aliphatic hydroxyl groups is 3. The molecule has 0 aromatic heterocycles. The minimum Gasteiger partial charge on any atom is -0.462 e. The second-order valence-electron chi connectivity index (χ2n) is 14.2. The first kappa shape index (κ1) is 46.7. The molecule has 50 heavy (non-hydrogen) atoms. The van der Waals surface area contributed by atoms with E-state index in [2.05, 4.69) is 18.4 Å². The number of aliphatic hydroxyl groups excluding tert-OH is 3. The van der Waals surface area contributed by atoms with Crippen LogP contribution in [0.1, 0.15) is 168 Å². The van der Waals surface area contributed by atoms with Gasteiger partial charge in [-0.1, -0.05) is 135 Å². The first-order chi connectivity index (χ1) is 24.0. The number of rotatable bonds is 32. The first-order valence-electron chi connectivity index (χ1n) is 19.7. The normalized spacial score (nSPS) is 20.7. The zero-order valence-electron chi connectivity index (χ0n) is 31.1. The van der Waals surface area contributed by atoms with E-state index in [9.17, 15) is 29.5 Å². The number of phosphoric acid groups is 1. The van der Waals surface area contributed by atoms with E-state index in [0.29, 0.717) is 25.7 Å². The standard InChI is InChI=1S/C38H71O11P/c1-3-5-7-8-9-10-11-12-13-14-15-21-25-38(43)49-32(30-48-50(44,45)46)29-47-37(42)24-20-17-16-19-23-33-34(36(41)28-35(33)40)27-26-31(39)22-18-6-4-2/h26-27,31-36,39-41H,3-25,28-30H2,1-2H3,(H2,44,45,46)/b27-26+/t31-,32+,33+,34+,35-,36+/m0/s1. The number of esters is 2. The third-order valence-electron chi connectivity index (χ3n) is 9.63. The van der Waals surface area contributed by atoms with E-state index in [0.717, 1.165) is 64.2 Å². The fourth-order valence-electron chi connectivity index (χ4n) is 6.65. The highest BCUT2D eigenvalue weighted by Gasteiger charge is 2.39. The topological polar surface area (TPSA) is 180 Å². The van der Waals surface area contributed by atoms with Gasteiger partial charge in [-0.2, -0.15) is 0 Å². The molecule has 1 rings (SSSR count). The van der Waals surface area contributed by atoms with Gasteiger partial charge < -0.3 is 34.6 Å². The van der Waals surface area contributed by atoms with Crippen molar-refractivity contribution in [2.45, 2.75) is 192 Å². The summed E-state index contributed by atoms with van der Waals surface area (Å²) in [6.45, 7) is 3.40. The first-order valence-corrected chi connectivity index (χ1v) is 21.3. The smallest absolute Gasteiger partial charge is 0.462 e. The maximum absolute atomic E-state index is 12.4. The monoisotopic (exact) mass is 734 g/mol. The molecule has 0 spiro atoms. The Hall–Kier alpha value is -1.33. The second kappa shape index (κ2) is 29.2. The molecule has 294 valence electrons. The van der Waals surface area contributed by atoms with Gasteiger partial charge in [-0.05, 0) is 31.6 Å². The van der Waals surface area contributed by atoms with Crippen molar-refractivity contribution >= 4 is 19.8 Å². The van der Waals surface area contributed by atoms with Gasteiger partial charge in [-0.15, -0.1) is 0 Å². The minimum absolute atomic E-state index is 0.0798. The quantitative estimate of drug-likeness (QED) is 0.0197. The fraction of sp³-hybridized carbons (Fsp3) is 0.895. The number of carbonyl (C=O) groups excluding carboxylic acids is 2. The maximum atomic E-state index is 12.4. The average molecular weight is 735 g/mol. The Morgan fingerprint density at radius 3 is 1.82 bits per heavy atom. The summed E-state index contributed by atoms with van der Waals surface area (Å²) in [5.41, 5.74) is 0. The lowest BCUT2D eigenvalue weighted by molar-refractivity contribution is -0.161. The average Bonchev–Trinajstić information content (AvgIpc) is 3.33. The second-order valence-corrected chi connectivity index (χ2v) is 15.5. The molecule has 0 bridgehead atoms. The van der Waals surface area contributed by atoms with E-state index in [-0.39, 0.29) is 31.3 Å². The number of unbranched alkanes of at least 4 members (excludes halogenated alkanes) is 16. The molecule has 0 aromatic carbocycles. The van der Waals surface area contributed by atoms with E-state index in [1.807, 2.05) is 6.08 Å². The largest absolute Gasteiger partial charge is 0.469 e. The summed E-state index contributed by atoms with van der Waals surface area (Å²) in [6.07, 6.45) is 22.9. The number of phosphoric ester groups is 1. The van der Waals surface area contributed by atoms with E-state index in [1.165, 1.54) is 51.4 Å². The Kier molecular flexibility index (Phi) is 27.2. The minimum atomic E-state index is -4.80. The summed E-state index contributed by atoms with van der Waals surface area (Å²) in [6, 6.07) is 0. The Balaban J connectivity index is 2.29. The van der Waals surface area contributed by atoms with Crippen LogP contribution in [0.5, 0.6) is 0 Å². The van der Waals surface area contributed by atoms with Crippen molar-refractivity contribution in [3.8, 4) is 0 Å². The molecule has 5 N–H and O–H groups in total. The summed E-state index contributed by atoms with van der Waals surface area (Å²) in [4.78, 5) is 42.9. The van der Waals surface area contributed by atoms with Gasteiger partial charge in [0.1, 0.15) is 6.61 Å². The van der Waals surface area contributed by atoms with Gasteiger partial charge in [0, 0.05) is 25.2 Å². The van der Waals surface area contributed by atoms with Gasteiger partial charge in [0.15, 0.2) is 6.10 Å². The van der Waals surface area contributed by atoms with Gasteiger partial charge in [-0.25, -0.2) is 4.57 Å². The zero-order chi connectivity index (χ0) is 37.0. The number of carbonyl (C=O) groups is 2. The molecule has 0 amide bonds. The molecule has 0 aromatic rings. The highest BCUT2D eigenvalue weighted by molar-refractivity contribution is 7.46. The molecule has 0 saturated heterocycles. The molecule has 1 saturated carbocycles. The molecule has 0 radical (unpaired) electrons. The Bertz CT molecular complexity index is 940. The van der Waals surface area contributed by atoms with Crippen molar-refractivity contribution < 1.29 is 53.3 Å². The highest BCUT2D eigenvalue weighted by atomic mass is 31.2. The van der Waals surface area contributed by atoms with E-state index in [1.54, 1.807) is 6.08 Å². The van der Waals surface area contributed by atoms with Gasteiger partial charge in [0.2, 0.25) is 0 Å². The van der Waals surface area contributed by atoms with Crippen molar-refractivity contribution in [1.82, 2.24) is 0 Å².